The number of hydrogen-bond donors (Lipinski definition) is 1. The Labute approximate surface area is 164 Å². The number of aliphatic carboxylic acids is 1. The number of benzene rings is 1. The lowest BCUT2D eigenvalue weighted by Gasteiger charge is -2.30. The maximum Gasteiger partial charge on any atom is 0.307 e. The van der Waals surface area contributed by atoms with E-state index in [2.05, 4.69) is 0 Å². The summed E-state index contributed by atoms with van der Waals surface area (Å²) in [5.74, 6) is -1.45. The highest BCUT2D eigenvalue weighted by Crippen LogP contribution is 2.47. The first kappa shape index (κ1) is 20.3. The van der Waals surface area contributed by atoms with E-state index in [-0.39, 0.29) is 36.4 Å². The van der Waals surface area contributed by atoms with Crippen molar-refractivity contribution < 1.29 is 33.7 Å². The van der Waals surface area contributed by atoms with Crippen molar-refractivity contribution in [3.8, 4) is 0 Å². The molecule has 2 fully saturated rings. The Bertz CT molecular complexity index is 744. The van der Waals surface area contributed by atoms with Crippen LogP contribution in [0.3, 0.4) is 0 Å². The van der Waals surface area contributed by atoms with Gasteiger partial charge in [-0.1, -0.05) is 24.3 Å². The molecule has 2 bridgehead atoms. The van der Waals surface area contributed by atoms with E-state index in [9.17, 15) is 14.4 Å². The molecule has 1 N–H and O–H groups in total. The Morgan fingerprint density at radius 1 is 1.14 bits per heavy atom. The lowest BCUT2D eigenvalue weighted by molar-refractivity contribution is -0.148. The molecule has 2 saturated heterocycles. The Kier molecular flexibility index (Phi) is 6.34. The van der Waals surface area contributed by atoms with Crippen LogP contribution in [0.1, 0.15) is 50.3 Å². The van der Waals surface area contributed by atoms with E-state index in [1.165, 1.54) is 13.8 Å². The van der Waals surface area contributed by atoms with Crippen LogP contribution in [0, 0.1) is 11.8 Å². The van der Waals surface area contributed by atoms with E-state index >= 15 is 0 Å². The predicted octanol–water partition coefficient (Wildman–Crippen LogP) is 2.66. The van der Waals surface area contributed by atoms with Crippen molar-refractivity contribution in [3.05, 3.63) is 35.4 Å². The monoisotopic (exact) mass is 390 g/mol. The van der Waals surface area contributed by atoms with Crippen LogP contribution >= 0.6 is 0 Å². The summed E-state index contributed by atoms with van der Waals surface area (Å²) >= 11 is 0. The van der Waals surface area contributed by atoms with Crippen LogP contribution in [0.4, 0.5) is 0 Å². The van der Waals surface area contributed by atoms with E-state index in [4.69, 9.17) is 19.3 Å². The van der Waals surface area contributed by atoms with Crippen molar-refractivity contribution in [1.82, 2.24) is 0 Å². The van der Waals surface area contributed by atoms with Crippen LogP contribution in [-0.4, -0.2) is 41.8 Å². The average Bonchev–Trinajstić information content (AvgIpc) is 3.20. The highest BCUT2D eigenvalue weighted by molar-refractivity contribution is 5.70. The number of ether oxygens (including phenoxy) is 3. The SMILES string of the molecule is CC(=O)OC[C@@H]1[C@@H]2CCC(O2)[C@@H]1C[C@H](OC(C)=O)c1cccc(CC(=O)O)c1. The van der Waals surface area contributed by atoms with Crippen LogP contribution in [0.2, 0.25) is 0 Å². The molecule has 2 heterocycles. The van der Waals surface area contributed by atoms with Gasteiger partial charge < -0.3 is 19.3 Å². The standard InChI is InChI=1S/C21H26O7/c1-12(22)26-11-17-16(18-6-7-19(17)28-18)10-20(27-13(2)23)15-5-3-4-14(8-15)9-21(24)25/h3-5,8,16-20H,6-7,9-11H2,1-2H3,(H,24,25)/t16-,17+,18?,19+,20+/m1/s1. The fourth-order valence-electron chi connectivity index (χ4n) is 4.42. The second-order valence-corrected chi connectivity index (χ2v) is 7.57. The molecule has 7 heteroatoms. The highest BCUT2D eigenvalue weighted by Gasteiger charge is 2.50. The van der Waals surface area contributed by atoms with Gasteiger partial charge in [0.2, 0.25) is 0 Å². The van der Waals surface area contributed by atoms with Gasteiger partial charge in [0.1, 0.15) is 6.10 Å². The fraction of sp³-hybridized carbons (Fsp3) is 0.571. The van der Waals surface area contributed by atoms with Gasteiger partial charge in [-0.25, -0.2) is 0 Å². The fourth-order valence-corrected chi connectivity index (χ4v) is 4.42. The third kappa shape index (κ3) is 4.90. The molecular formula is C21H26O7. The molecule has 28 heavy (non-hydrogen) atoms. The van der Waals surface area contributed by atoms with Gasteiger partial charge in [0.25, 0.3) is 0 Å². The molecule has 0 radical (unpaired) electrons. The largest absolute Gasteiger partial charge is 0.481 e. The number of hydrogen-bond acceptors (Lipinski definition) is 6. The number of carboxylic acid groups (broad SMARTS) is 1. The summed E-state index contributed by atoms with van der Waals surface area (Å²) in [6.45, 7) is 3.05. The summed E-state index contributed by atoms with van der Waals surface area (Å²) in [7, 11) is 0. The molecule has 0 aliphatic carbocycles. The van der Waals surface area contributed by atoms with Crippen LogP contribution in [0.15, 0.2) is 24.3 Å². The molecule has 2 aliphatic rings. The average molecular weight is 390 g/mol. The molecule has 3 rings (SSSR count). The number of carboxylic acids is 1. The van der Waals surface area contributed by atoms with Crippen LogP contribution in [-0.2, 0) is 35.0 Å². The van der Waals surface area contributed by atoms with Gasteiger partial charge in [0.15, 0.2) is 0 Å². The van der Waals surface area contributed by atoms with Gasteiger partial charge in [-0.2, -0.15) is 0 Å². The smallest absolute Gasteiger partial charge is 0.307 e. The zero-order valence-corrected chi connectivity index (χ0v) is 16.1. The van der Waals surface area contributed by atoms with Gasteiger partial charge in [-0.05, 0) is 36.3 Å². The molecule has 0 saturated carbocycles. The molecule has 2 aliphatic heterocycles. The third-order valence-corrected chi connectivity index (χ3v) is 5.54. The molecule has 7 nitrogen and oxygen atoms in total. The van der Waals surface area contributed by atoms with Crippen molar-refractivity contribution in [2.75, 3.05) is 6.61 Å². The van der Waals surface area contributed by atoms with Gasteiger partial charge in [0.05, 0.1) is 25.2 Å². The number of rotatable bonds is 8. The predicted molar refractivity (Wildman–Crippen MR) is 98.4 cm³/mol. The molecular weight excluding hydrogens is 364 g/mol. The van der Waals surface area contributed by atoms with Gasteiger partial charge in [-0.15, -0.1) is 0 Å². The molecule has 0 amide bonds. The number of esters is 2. The number of carbonyl (C=O) groups excluding carboxylic acids is 2. The van der Waals surface area contributed by atoms with Gasteiger partial charge in [-0.3, -0.25) is 14.4 Å². The second-order valence-electron chi connectivity index (χ2n) is 7.57. The van der Waals surface area contributed by atoms with Crippen LogP contribution < -0.4 is 0 Å². The zero-order chi connectivity index (χ0) is 20.3. The summed E-state index contributed by atoms with van der Waals surface area (Å²) in [5, 5.41) is 9.04. The van der Waals surface area contributed by atoms with E-state index in [1.54, 1.807) is 18.2 Å². The minimum atomic E-state index is -0.913. The lowest BCUT2D eigenvalue weighted by Crippen LogP contribution is -2.33. The molecule has 152 valence electrons. The zero-order valence-electron chi connectivity index (χ0n) is 16.1. The molecule has 5 atom stereocenters. The van der Waals surface area contributed by atoms with Crippen molar-refractivity contribution in [2.24, 2.45) is 11.8 Å². The number of fused-ring (bicyclic) bond motifs is 2. The first-order chi connectivity index (χ1) is 13.3. The van der Waals surface area contributed by atoms with Crippen molar-refractivity contribution >= 4 is 17.9 Å². The first-order valence-electron chi connectivity index (χ1n) is 9.60. The number of carbonyl (C=O) groups is 3. The lowest BCUT2D eigenvalue weighted by atomic mass is 9.76. The van der Waals surface area contributed by atoms with Crippen molar-refractivity contribution in [1.29, 1.82) is 0 Å². The van der Waals surface area contributed by atoms with E-state index < -0.39 is 18.0 Å². The topological polar surface area (TPSA) is 99.1 Å². The maximum atomic E-state index is 11.7. The molecule has 0 spiro atoms. The van der Waals surface area contributed by atoms with E-state index in [0.717, 1.165) is 18.4 Å². The molecule has 1 aromatic carbocycles. The molecule has 0 aromatic heterocycles. The first-order valence-corrected chi connectivity index (χ1v) is 9.60. The Morgan fingerprint density at radius 3 is 2.50 bits per heavy atom. The summed E-state index contributed by atoms with van der Waals surface area (Å²) < 4.78 is 16.9. The second kappa shape index (κ2) is 8.73. The minimum Gasteiger partial charge on any atom is -0.481 e. The van der Waals surface area contributed by atoms with Crippen molar-refractivity contribution in [3.63, 3.8) is 0 Å². The molecule has 1 aromatic rings. The Balaban J connectivity index is 1.79. The highest BCUT2D eigenvalue weighted by atomic mass is 16.5. The van der Waals surface area contributed by atoms with E-state index in [0.29, 0.717) is 18.6 Å². The maximum absolute atomic E-state index is 11.7. The summed E-state index contributed by atoms with van der Waals surface area (Å²) in [5.41, 5.74) is 1.42. The molecule has 1 unspecified atom stereocenters. The summed E-state index contributed by atoms with van der Waals surface area (Å²) in [6, 6.07) is 7.13. The third-order valence-electron chi connectivity index (χ3n) is 5.54. The van der Waals surface area contributed by atoms with Gasteiger partial charge in [0, 0.05) is 19.8 Å². The summed E-state index contributed by atoms with van der Waals surface area (Å²) in [4.78, 5) is 34.0. The van der Waals surface area contributed by atoms with Crippen LogP contribution in [0.25, 0.3) is 0 Å². The minimum absolute atomic E-state index is 0.0608. The van der Waals surface area contributed by atoms with E-state index in [1.807, 2.05) is 6.07 Å². The van der Waals surface area contributed by atoms with Gasteiger partial charge >= 0.3 is 17.9 Å². The quantitative estimate of drug-likeness (QED) is 0.681. The Hall–Kier alpha value is -2.41. The summed E-state index contributed by atoms with van der Waals surface area (Å²) in [6.07, 6.45) is 1.96. The Morgan fingerprint density at radius 2 is 1.86 bits per heavy atom. The van der Waals surface area contributed by atoms with Crippen molar-refractivity contribution in [2.45, 2.75) is 57.8 Å². The van der Waals surface area contributed by atoms with Crippen LogP contribution in [0.5, 0.6) is 0 Å². The normalized spacial score (nSPS) is 26.6.